The van der Waals surface area contributed by atoms with Crippen LogP contribution in [0.2, 0.25) is 0 Å². The van der Waals surface area contributed by atoms with Crippen molar-refractivity contribution in [1.82, 2.24) is 9.88 Å². The molecular weight excluding hydrogens is 164 g/mol. The van der Waals surface area contributed by atoms with E-state index in [0.717, 1.165) is 31.6 Å². The molecular formula is C10H16N2O. The van der Waals surface area contributed by atoms with Crippen molar-refractivity contribution in [3.63, 3.8) is 0 Å². The first kappa shape index (κ1) is 9.99. The molecule has 1 aromatic heterocycles. The van der Waals surface area contributed by atoms with Gasteiger partial charge in [0.25, 0.3) is 0 Å². The highest BCUT2D eigenvalue weighted by atomic mass is 16.1. The summed E-state index contributed by atoms with van der Waals surface area (Å²) < 4.78 is 0. The number of aldehydes is 1. The topological polar surface area (TPSA) is 36.1 Å². The Bertz CT molecular complexity index is 264. The third-order valence-electron chi connectivity index (χ3n) is 2.18. The van der Waals surface area contributed by atoms with Gasteiger partial charge in [0.05, 0.1) is 5.69 Å². The van der Waals surface area contributed by atoms with Crippen LogP contribution in [0.4, 0.5) is 0 Å². The summed E-state index contributed by atoms with van der Waals surface area (Å²) in [6.07, 6.45) is 0.839. The van der Waals surface area contributed by atoms with Gasteiger partial charge in [0.15, 0.2) is 6.29 Å². The Labute approximate surface area is 78.8 Å². The lowest BCUT2D eigenvalue weighted by Gasteiger charge is -2.16. The minimum Gasteiger partial charge on any atom is -0.355 e. The predicted octanol–water partition coefficient (Wildman–Crippen LogP) is 1.67. The smallest absolute Gasteiger partial charge is 0.166 e. The quantitative estimate of drug-likeness (QED) is 0.700. The van der Waals surface area contributed by atoms with E-state index in [1.165, 1.54) is 0 Å². The van der Waals surface area contributed by atoms with Gasteiger partial charge in [-0.1, -0.05) is 13.8 Å². The largest absolute Gasteiger partial charge is 0.355 e. The number of hydrogen-bond acceptors (Lipinski definition) is 2. The van der Waals surface area contributed by atoms with E-state index in [2.05, 4.69) is 23.7 Å². The van der Waals surface area contributed by atoms with Gasteiger partial charge in [-0.2, -0.15) is 0 Å². The van der Waals surface area contributed by atoms with Crippen molar-refractivity contribution in [3.8, 4) is 0 Å². The lowest BCUT2D eigenvalue weighted by Crippen LogP contribution is -2.22. The molecule has 0 aliphatic heterocycles. The number of hydrogen-bond donors (Lipinski definition) is 1. The van der Waals surface area contributed by atoms with Crippen molar-refractivity contribution >= 4 is 6.29 Å². The van der Waals surface area contributed by atoms with Gasteiger partial charge in [0.2, 0.25) is 0 Å². The van der Waals surface area contributed by atoms with E-state index >= 15 is 0 Å². The molecule has 0 aliphatic carbocycles. The van der Waals surface area contributed by atoms with Crippen molar-refractivity contribution in [1.29, 1.82) is 0 Å². The average Bonchev–Trinajstić information content (AvgIpc) is 2.61. The molecule has 0 bridgehead atoms. The molecule has 0 amide bonds. The summed E-state index contributed by atoms with van der Waals surface area (Å²) in [4.78, 5) is 15.7. The molecule has 0 atom stereocenters. The first-order chi connectivity index (χ1) is 6.30. The molecule has 1 rings (SSSR count). The molecule has 3 heteroatoms. The fourth-order valence-electron chi connectivity index (χ4n) is 1.31. The SMILES string of the molecule is CCN(CC)Cc1ccc(C=O)[nH]1. The van der Waals surface area contributed by atoms with Gasteiger partial charge in [-0.15, -0.1) is 0 Å². The average molecular weight is 180 g/mol. The zero-order valence-corrected chi connectivity index (χ0v) is 8.21. The highest BCUT2D eigenvalue weighted by molar-refractivity contribution is 5.71. The number of H-pyrrole nitrogens is 1. The molecule has 0 saturated heterocycles. The summed E-state index contributed by atoms with van der Waals surface area (Å²) in [6.45, 7) is 7.22. The van der Waals surface area contributed by atoms with E-state index in [9.17, 15) is 4.79 Å². The van der Waals surface area contributed by atoms with Gasteiger partial charge in [-0.3, -0.25) is 9.69 Å². The van der Waals surface area contributed by atoms with Crippen molar-refractivity contribution in [2.75, 3.05) is 13.1 Å². The van der Waals surface area contributed by atoms with Crippen molar-refractivity contribution in [3.05, 3.63) is 23.5 Å². The summed E-state index contributed by atoms with van der Waals surface area (Å²) in [7, 11) is 0. The van der Waals surface area contributed by atoms with Crippen molar-refractivity contribution in [2.45, 2.75) is 20.4 Å². The summed E-state index contributed by atoms with van der Waals surface area (Å²) in [5.41, 5.74) is 1.76. The van der Waals surface area contributed by atoms with Gasteiger partial charge in [-0.25, -0.2) is 0 Å². The van der Waals surface area contributed by atoms with E-state index in [1.54, 1.807) is 0 Å². The third kappa shape index (κ3) is 2.70. The Morgan fingerprint density at radius 1 is 1.38 bits per heavy atom. The summed E-state index contributed by atoms with van der Waals surface area (Å²) in [6, 6.07) is 3.77. The minimum atomic E-state index is 0.655. The molecule has 0 radical (unpaired) electrons. The van der Waals surface area contributed by atoms with Gasteiger partial charge in [-0.05, 0) is 25.2 Å². The Balaban J connectivity index is 2.57. The zero-order valence-electron chi connectivity index (χ0n) is 8.21. The fraction of sp³-hybridized carbons (Fsp3) is 0.500. The first-order valence-corrected chi connectivity index (χ1v) is 4.65. The molecule has 3 nitrogen and oxygen atoms in total. The molecule has 0 saturated carbocycles. The summed E-state index contributed by atoms with van der Waals surface area (Å²) >= 11 is 0. The van der Waals surface area contributed by atoms with Crippen molar-refractivity contribution < 1.29 is 4.79 Å². The molecule has 0 fully saturated rings. The van der Waals surface area contributed by atoms with Crippen LogP contribution in [0.3, 0.4) is 0 Å². The second kappa shape index (κ2) is 4.82. The van der Waals surface area contributed by atoms with Crippen molar-refractivity contribution in [2.24, 2.45) is 0 Å². The van der Waals surface area contributed by atoms with Crippen LogP contribution in [0.1, 0.15) is 30.0 Å². The number of carbonyl (C=O) groups is 1. The highest BCUT2D eigenvalue weighted by Gasteiger charge is 2.02. The van der Waals surface area contributed by atoms with Gasteiger partial charge in [0.1, 0.15) is 0 Å². The van der Waals surface area contributed by atoms with E-state index < -0.39 is 0 Å². The molecule has 0 unspecified atom stereocenters. The second-order valence-electron chi connectivity index (χ2n) is 3.02. The third-order valence-corrected chi connectivity index (χ3v) is 2.18. The first-order valence-electron chi connectivity index (χ1n) is 4.65. The summed E-state index contributed by atoms with van der Waals surface area (Å²) in [5, 5.41) is 0. The van der Waals surface area contributed by atoms with E-state index in [1.807, 2.05) is 12.1 Å². The van der Waals surface area contributed by atoms with Gasteiger partial charge in [0, 0.05) is 12.2 Å². The highest BCUT2D eigenvalue weighted by Crippen LogP contribution is 2.03. The molecule has 0 aromatic carbocycles. The fourth-order valence-corrected chi connectivity index (χ4v) is 1.31. The maximum Gasteiger partial charge on any atom is 0.166 e. The van der Waals surface area contributed by atoms with Crippen LogP contribution < -0.4 is 0 Å². The van der Waals surface area contributed by atoms with Crippen LogP contribution in [0, 0.1) is 0 Å². The zero-order chi connectivity index (χ0) is 9.68. The molecule has 13 heavy (non-hydrogen) atoms. The standard InChI is InChI=1S/C10H16N2O/c1-3-12(4-2)7-9-5-6-10(8-13)11-9/h5-6,8,11H,3-4,7H2,1-2H3. The maximum absolute atomic E-state index is 10.4. The molecule has 1 N–H and O–H groups in total. The Kier molecular flexibility index (Phi) is 3.71. The molecule has 72 valence electrons. The van der Waals surface area contributed by atoms with E-state index in [4.69, 9.17) is 0 Å². The monoisotopic (exact) mass is 180 g/mol. The summed E-state index contributed by atoms with van der Waals surface area (Å²) in [5.74, 6) is 0. The number of rotatable bonds is 5. The maximum atomic E-state index is 10.4. The van der Waals surface area contributed by atoms with Crippen LogP contribution in [-0.2, 0) is 6.54 Å². The lowest BCUT2D eigenvalue weighted by molar-refractivity contribution is 0.111. The number of aromatic amines is 1. The van der Waals surface area contributed by atoms with Crippen LogP contribution in [0.25, 0.3) is 0 Å². The van der Waals surface area contributed by atoms with Gasteiger partial charge >= 0.3 is 0 Å². The molecule has 0 spiro atoms. The Hall–Kier alpha value is -1.09. The van der Waals surface area contributed by atoms with Crippen LogP contribution >= 0.6 is 0 Å². The normalized spacial score (nSPS) is 10.7. The number of aromatic nitrogens is 1. The number of nitrogens with one attached hydrogen (secondary N) is 1. The minimum absolute atomic E-state index is 0.655. The van der Waals surface area contributed by atoms with Crippen LogP contribution in [0.15, 0.2) is 12.1 Å². The number of carbonyl (C=O) groups excluding carboxylic acids is 1. The van der Waals surface area contributed by atoms with Gasteiger partial charge < -0.3 is 4.98 Å². The molecule has 0 aliphatic rings. The Morgan fingerprint density at radius 2 is 2.08 bits per heavy atom. The van der Waals surface area contributed by atoms with E-state index in [-0.39, 0.29) is 0 Å². The second-order valence-corrected chi connectivity index (χ2v) is 3.02. The van der Waals surface area contributed by atoms with Crippen LogP contribution in [-0.4, -0.2) is 29.3 Å². The lowest BCUT2D eigenvalue weighted by atomic mass is 10.4. The predicted molar refractivity (Wildman–Crippen MR) is 52.8 cm³/mol. The van der Waals surface area contributed by atoms with E-state index in [0.29, 0.717) is 5.69 Å². The Morgan fingerprint density at radius 3 is 2.54 bits per heavy atom. The molecule has 1 heterocycles. The number of nitrogens with zero attached hydrogens (tertiary/aromatic N) is 1. The van der Waals surface area contributed by atoms with Crippen LogP contribution in [0.5, 0.6) is 0 Å². The molecule has 1 aromatic rings.